The van der Waals surface area contributed by atoms with Crippen molar-refractivity contribution in [2.75, 3.05) is 19.7 Å². The molecule has 1 N–H and O–H groups in total. The zero-order valence-electron chi connectivity index (χ0n) is 16.6. The maximum atomic E-state index is 12.8. The molecule has 0 aliphatic carbocycles. The van der Waals surface area contributed by atoms with Crippen LogP contribution in [-0.4, -0.2) is 45.7 Å². The molecular formula is C22H21F3N4O2. The molecule has 6 nitrogen and oxygen atoms in total. The van der Waals surface area contributed by atoms with Gasteiger partial charge in [-0.25, -0.2) is 0 Å². The van der Waals surface area contributed by atoms with Crippen LogP contribution in [-0.2, 0) is 12.6 Å². The Morgan fingerprint density at radius 2 is 2.00 bits per heavy atom. The number of amides is 1. The number of carbonyl (C=O) groups excluding carboxylic acids is 1. The van der Waals surface area contributed by atoms with E-state index in [1.807, 2.05) is 11.0 Å². The molecule has 1 atom stereocenters. The minimum absolute atomic E-state index is 0.0184. The Morgan fingerprint density at radius 1 is 1.19 bits per heavy atom. The van der Waals surface area contributed by atoms with Crippen LogP contribution in [0.3, 0.4) is 0 Å². The number of alkyl halides is 3. The number of hydrogen-bond acceptors (Lipinski definition) is 4. The summed E-state index contributed by atoms with van der Waals surface area (Å²) < 4.78 is 43.8. The number of rotatable bonds is 6. The summed E-state index contributed by atoms with van der Waals surface area (Å²) in [6.07, 6.45) is 0.105. The fourth-order valence-electron chi connectivity index (χ4n) is 3.62. The first-order valence-electron chi connectivity index (χ1n) is 9.94. The van der Waals surface area contributed by atoms with Gasteiger partial charge in [-0.05, 0) is 42.8 Å². The summed E-state index contributed by atoms with van der Waals surface area (Å²) in [6.45, 7) is 1.47. The third-order valence-corrected chi connectivity index (χ3v) is 5.27. The molecule has 1 aliphatic heterocycles. The van der Waals surface area contributed by atoms with Gasteiger partial charge in [0.2, 0.25) is 0 Å². The molecule has 1 unspecified atom stereocenters. The lowest BCUT2D eigenvalue weighted by Crippen LogP contribution is -2.28. The summed E-state index contributed by atoms with van der Waals surface area (Å²) in [7, 11) is 0. The number of likely N-dealkylation sites (tertiary alicyclic amines) is 1. The number of halogens is 3. The number of nitrogens with one attached hydrogen (secondary N) is 1. The number of ether oxygens (including phenoxy) is 1. The van der Waals surface area contributed by atoms with Gasteiger partial charge in [-0.2, -0.15) is 18.3 Å². The van der Waals surface area contributed by atoms with Crippen LogP contribution in [0.4, 0.5) is 13.2 Å². The van der Waals surface area contributed by atoms with Gasteiger partial charge in [0.15, 0.2) is 0 Å². The first kappa shape index (κ1) is 20.9. The Bertz CT molecular complexity index is 1040. The molecule has 1 fully saturated rings. The number of aromatic nitrogens is 3. The van der Waals surface area contributed by atoms with E-state index < -0.39 is 11.7 Å². The van der Waals surface area contributed by atoms with Crippen LogP contribution in [0, 0.1) is 0 Å². The van der Waals surface area contributed by atoms with Crippen LogP contribution in [0.1, 0.15) is 39.6 Å². The highest BCUT2D eigenvalue weighted by Crippen LogP contribution is 2.31. The fraction of sp³-hybridized carbons (Fsp3) is 0.318. The number of nitrogens with zero attached hydrogens (tertiary/aromatic N) is 3. The second-order valence-corrected chi connectivity index (χ2v) is 7.41. The van der Waals surface area contributed by atoms with Gasteiger partial charge in [0.25, 0.3) is 5.91 Å². The first-order valence-corrected chi connectivity index (χ1v) is 9.94. The quantitative estimate of drug-likeness (QED) is 0.640. The highest BCUT2D eigenvalue weighted by Gasteiger charge is 2.31. The smallest absolute Gasteiger partial charge is 0.416 e. The maximum absolute atomic E-state index is 12.8. The average Bonchev–Trinajstić information content (AvgIpc) is 3.43. The second kappa shape index (κ2) is 8.79. The van der Waals surface area contributed by atoms with Crippen molar-refractivity contribution < 1.29 is 22.7 Å². The lowest BCUT2D eigenvalue weighted by atomic mass is 10.0. The molecule has 0 spiro atoms. The van der Waals surface area contributed by atoms with Crippen molar-refractivity contribution in [1.29, 1.82) is 0 Å². The zero-order chi connectivity index (χ0) is 21.8. The van der Waals surface area contributed by atoms with Gasteiger partial charge in [0.1, 0.15) is 5.75 Å². The Hall–Kier alpha value is -3.36. The van der Waals surface area contributed by atoms with Gasteiger partial charge in [0.05, 0.1) is 17.9 Å². The molecule has 1 aliphatic rings. The van der Waals surface area contributed by atoms with Gasteiger partial charge in [-0.15, -0.1) is 0 Å². The predicted octanol–water partition coefficient (Wildman–Crippen LogP) is 4.07. The SMILES string of the molecule is O=C(c1ccncc1)N1CCC(c2cc(CCOc3cccc(C(F)(F)F)c3)[nH]n2)C1. The van der Waals surface area contributed by atoms with E-state index in [1.165, 1.54) is 12.1 Å². The molecule has 3 heterocycles. The largest absolute Gasteiger partial charge is 0.493 e. The van der Waals surface area contributed by atoms with Crippen molar-refractivity contribution in [3.63, 3.8) is 0 Å². The maximum Gasteiger partial charge on any atom is 0.416 e. The molecule has 1 saturated heterocycles. The Balaban J connectivity index is 1.30. The number of aromatic amines is 1. The van der Waals surface area contributed by atoms with Gasteiger partial charge >= 0.3 is 6.18 Å². The first-order chi connectivity index (χ1) is 14.9. The summed E-state index contributed by atoms with van der Waals surface area (Å²) in [5.74, 6) is 0.297. The monoisotopic (exact) mass is 430 g/mol. The number of pyridine rings is 1. The highest BCUT2D eigenvalue weighted by molar-refractivity contribution is 5.94. The van der Waals surface area contributed by atoms with E-state index >= 15 is 0 Å². The number of hydrogen-bond donors (Lipinski definition) is 1. The molecule has 3 aromatic rings. The van der Waals surface area contributed by atoms with Crippen molar-refractivity contribution in [2.45, 2.75) is 24.9 Å². The number of carbonyl (C=O) groups is 1. The van der Waals surface area contributed by atoms with E-state index in [0.717, 1.165) is 29.9 Å². The summed E-state index contributed by atoms with van der Waals surface area (Å²) in [4.78, 5) is 18.3. The molecule has 1 amide bonds. The Kier molecular flexibility index (Phi) is 5.92. The van der Waals surface area contributed by atoms with Gasteiger partial charge in [0, 0.05) is 49.1 Å². The lowest BCUT2D eigenvalue weighted by Gasteiger charge is -2.15. The molecule has 0 saturated carbocycles. The molecule has 9 heteroatoms. The van der Waals surface area contributed by atoms with Crippen molar-refractivity contribution in [3.05, 3.63) is 77.4 Å². The van der Waals surface area contributed by atoms with E-state index in [-0.39, 0.29) is 24.2 Å². The molecule has 2 aromatic heterocycles. The van der Waals surface area contributed by atoms with Gasteiger partial charge in [-0.3, -0.25) is 14.9 Å². The molecule has 0 bridgehead atoms. The molecule has 1 aromatic carbocycles. The highest BCUT2D eigenvalue weighted by atomic mass is 19.4. The van der Waals surface area contributed by atoms with Gasteiger partial charge < -0.3 is 9.64 Å². The zero-order valence-corrected chi connectivity index (χ0v) is 16.6. The molecular weight excluding hydrogens is 409 g/mol. The molecule has 162 valence electrons. The van der Waals surface area contributed by atoms with Crippen molar-refractivity contribution in [3.8, 4) is 5.75 Å². The van der Waals surface area contributed by atoms with Crippen molar-refractivity contribution in [2.24, 2.45) is 0 Å². The standard InChI is InChI=1S/C22H21F3N4O2/c23-22(24,25)17-2-1-3-19(12-17)31-11-7-18-13-20(28-27-18)16-6-10-29(14-16)21(30)15-4-8-26-9-5-15/h1-5,8-9,12-13,16H,6-7,10-11,14H2,(H,27,28). The van der Waals surface area contributed by atoms with Crippen molar-refractivity contribution >= 4 is 5.91 Å². The molecule has 4 rings (SSSR count). The van der Waals surface area contributed by atoms with Crippen LogP contribution in [0.15, 0.2) is 54.9 Å². The van der Waals surface area contributed by atoms with Gasteiger partial charge in [-0.1, -0.05) is 6.07 Å². The molecule has 31 heavy (non-hydrogen) atoms. The summed E-state index contributed by atoms with van der Waals surface area (Å²) in [5.41, 5.74) is 1.59. The van der Waals surface area contributed by atoms with E-state index in [4.69, 9.17) is 4.74 Å². The number of H-pyrrole nitrogens is 1. The summed E-state index contributed by atoms with van der Waals surface area (Å²) >= 11 is 0. The summed E-state index contributed by atoms with van der Waals surface area (Å²) in [6, 6.07) is 10.2. The van der Waals surface area contributed by atoms with Crippen LogP contribution in [0.25, 0.3) is 0 Å². The third kappa shape index (κ3) is 5.04. The minimum Gasteiger partial charge on any atom is -0.493 e. The van der Waals surface area contributed by atoms with Crippen LogP contribution in [0.5, 0.6) is 5.75 Å². The predicted molar refractivity (Wildman–Crippen MR) is 107 cm³/mol. The third-order valence-electron chi connectivity index (χ3n) is 5.27. The minimum atomic E-state index is -4.40. The Labute approximate surface area is 177 Å². The topological polar surface area (TPSA) is 71.1 Å². The van der Waals surface area contributed by atoms with E-state index in [9.17, 15) is 18.0 Å². The Morgan fingerprint density at radius 3 is 2.77 bits per heavy atom. The van der Waals surface area contributed by atoms with Crippen molar-refractivity contribution in [1.82, 2.24) is 20.1 Å². The van der Waals surface area contributed by atoms with Crippen LogP contribution >= 0.6 is 0 Å². The number of benzene rings is 1. The lowest BCUT2D eigenvalue weighted by molar-refractivity contribution is -0.137. The van der Waals surface area contributed by atoms with Crippen LogP contribution < -0.4 is 4.74 Å². The van der Waals surface area contributed by atoms with E-state index in [2.05, 4.69) is 15.2 Å². The average molecular weight is 430 g/mol. The van der Waals surface area contributed by atoms with E-state index in [1.54, 1.807) is 24.5 Å². The van der Waals surface area contributed by atoms with E-state index in [0.29, 0.717) is 25.1 Å². The van der Waals surface area contributed by atoms with Crippen LogP contribution in [0.2, 0.25) is 0 Å². The normalized spacial score (nSPS) is 16.5. The molecule has 0 radical (unpaired) electrons. The fourth-order valence-corrected chi connectivity index (χ4v) is 3.62. The second-order valence-electron chi connectivity index (χ2n) is 7.41. The summed E-state index contributed by atoms with van der Waals surface area (Å²) in [5, 5.41) is 7.32.